The van der Waals surface area contributed by atoms with Gasteiger partial charge in [-0.15, -0.1) is 0 Å². The van der Waals surface area contributed by atoms with Crippen LogP contribution in [-0.2, 0) is 6.54 Å². The van der Waals surface area contributed by atoms with Crippen molar-refractivity contribution in [3.8, 4) is 23.0 Å². The fraction of sp³-hybridized carbons (Fsp3) is 0.379. The quantitative estimate of drug-likeness (QED) is 0.521. The van der Waals surface area contributed by atoms with E-state index in [1.165, 1.54) is 11.8 Å². The van der Waals surface area contributed by atoms with Crippen molar-refractivity contribution < 1.29 is 19.4 Å². The number of aromatic nitrogens is 1. The maximum Gasteiger partial charge on any atom is 0.257 e. The van der Waals surface area contributed by atoms with Crippen molar-refractivity contribution in [2.45, 2.75) is 32.2 Å². The Morgan fingerprint density at radius 1 is 0.972 bits per heavy atom. The third kappa shape index (κ3) is 5.31. The van der Waals surface area contributed by atoms with E-state index >= 15 is 0 Å². The Kier molecular flexibility index (Phi) is 7.09. The Morgan fingerprint density at radius 3 is 2.42 bits per heavy atom. The number of amides is 1. The highest BCUT2D eigenvalue weighted by Gasteiger charge is 2.38. The third-order valence-corrected chi connectivity index (χ3v) is 7.66. The van der Waals surface area contributed by atoms with E-state index in [2.05, 4.69) is 22.0 Å². The van der Waals surface area contributed by atoms with Gasteiger partial charge in [0.1, 0.15) is 11.5 Å². The predicted molar refractivity (Wildman–Crippen MR) is 137 cm³/mol. The van der Waals surface area contributed by atoms with Crippen LogP contribution >= 0.6 is 0 Å². The number of rotatable bonds is 6. The predicted octanol–water partition coefficient (Wildman–Crippen LogP) is 5.11. The van der Waals surface area contributed by atoms with Gasteiger partial charge in [0, 0.05) is 25.8 Å². The molecule has 1 spiro atoms. The lowest BCUT2D eigenvalue weighted by Crippen LogP contribution is -2.48. The van der Waals surface area contributed by atoms with Crippen LogP contribution in [0.3, 0.4) is 0 Å². The van der Waals surface area contributed by atoms with Crippen molar-refractivity contribution in [1.29, 1.82) is 0 Å². The molecule has 7 nitrogen and oxygen atoms in total. The summed E-state index contributed by atoms with van der Waals surface area (Å²) in [5.74, 6) is 2.09. The number of methoxy groups -OCH3 is 1. The van der Waals surface area contributed by atoms with Gasteiger partial charge in [-0.1, -0.05) is 24.3 Å². The molecule has 5 rings (SSSR count). The number of hydrogen-bond acceptors (Lipinski definition) is 6. The van der Waals surface area contributed by atoms with Crippen molar-refractivity contribution >= 4 is 5.91 Å². The molecule has 2 aliphatic heterocycles. The summed E-state index contributed by atoms with van der Waals surface area (Å²) in [6, 6.07) is 17.5. The summed E-state index contributed by atoms with van der Waals surface area (Å²) in [5, 5.41) is 9.99. The molecule has 1 N–H and O–H groups in total. The van der Waals surface area contributed by atoms with Gasteiger partial charge in [0.15, 0.2) is 11.5 Å². The number of para-hydroxylation sites is 2. The average Bonchev–Trinajstić information content (AvgIpc) is 2.91. The zero-order valence-corrected chi connectivity index (χ0v) is 20.7. The maximum atomic E-state index is 12.8. The molecule has 3 heterocycles. The standard InChI is InChI=1S/C29H33N3O4/c1-35-26-7-2-3-8-27(26)36-23-6-4-5-22(19-23)21-31-15-10-29(11-16-31)12-17-32(18-13-29)28(34)24-9-14-30-20-25(24)33/h2-9,14,19-20,33H,10-13,15-18,21H2,1H3. The van der Waals surface area contributed by atoms with E-state index in [0.717, 1.165) is 69.9 Å². The topological polar surface area (TPSA) is 75.1 Å². The molecule has 188 valence electrons. The number of piperidine rings is 2. The molecule has 2 aliphatic rings. The summed E-state index contributed by atoms with van der Waals surface area (Å²) in [7, 11) is 1.65. The minimum atomic E-state index is -0.0996. The molecular formula is C29H33N3O4. The van der Waals surface area contributed by atoms with Gasteiger partial charge in [0.05, 0.1) is 18.9 Å². The van der Waals surface area contributed by atoms with Gasteiger partial charge in [0.25, 0.3) is 5.91 Å². The summed E-state index contributed by atoms with van der Waals surface area (Å²) >= 11 is 0. The number of aromatic hydroxyl groups is 1. The molecule has 3 aromatic rings. The average molecular weight is 488 g/mol. The lowest BCUT2D eigenvalue weighted by atomic mass is 9.71. The highest BCUT2D eigenvalue weighted by molar-refractivity contribution is 5.96. The summed E-state index contributed by atoms with van der Waals surface area (Å²) in [5.41, 5.74) is 1.88. The van der Waals surface area contributed by atoms with Gasteiger partial charge in [-0.3, -0.25) is 14.7 Å². The number of carbonyl (C=O) groups is 1. The largest absolute Gasteiger partial charge is 0.505 e. The minimum Gasteiger partial charge on any atom is -0.505 e. The number of pyridine rings is 1. The van der Waals surface area contributed by atoms with Gasteiger partial charge in [0.2, 0.25) is 0 Å². The summed E-state index contributed by atoms with van der Waals surface area (Å²) < 4.78 is 11.5. The van der Waals surface area contributed by atoms with E-state index in [-0.39, 0.29) is 11.7 Å². The zero-order chi connectivity index (χ0) is 25.0. The van der Waals surface area contributed by atoms with Crippen molar-refractivity contribution in [1.82, 2.24) is 14.8 Å². The van der Waals surface area contributed by atoms with Gasteiger partial charge in [-0.25, -0.2) is 0 Å². The van der Waals surface area contributed by atoms with Crippen molar-refractivity contribution in [3.63, 3.8) is 0 Å². The number of carbonyl (C=O) groups excluding carboxylic acids is 1. The normalized spacial score (nSPS) is 17.6. The molecule has 0 unspecified atom stereocenters. The van der Waals surface area contributed by atoms with Crippen molar-refractivity contribution in [2.24, 2.45) is 5.41 Å². The number of nitrogens with zero attached hydrogens (tertiary/aromatic N) is 3. The first-order chi connectivity index (χ1) is 17.5. The molecule has 0 atom stereocenters. The Bertz CT molecular complexity index is 1200. The van der Waals surface area contributed by atoms with Gasteiger partial charge < -0.3 is 19.5 Å². The Balaban J connectivity index is 1.14. The van der Waals surface area contributed by atoms with Crippen LogP contribution in [0, 0.1) is 5.41 Å². The minimum absolute atomic E-state index is 0.0477. The molecular weight excluding hydrogens is 454 g/mol. The van der Waals surface area contributed by atoms with E-state index in [9.17, 15) is 9.90 Å². The SMILES string of the molecule is COc1ccccc1Oc1cccc(CN2CCC3(CC2)CCN(C(=O)c2ccncc2O)CC3)c1. The first kappa shape index (κ1) is 24.1. The van der Waals surface area contributed by atoms with Crippen LogP contribution in [0.25, 0.3) is 0 Å². The Labute approximate surface area is 212 Å². The smallest absolute Gasteiger partial charge is 0.257 e. The molecule has 2 aromatic carbocycles. The number of benzene rings is 2. The highest BCUT2D eigenvalue weighted by atomic mass is 16.5. The van der Waals surface area contributed by atoms with Gasteiger partial charge >= 0.3 is 0 Å². The van der Waals surface area contributed by atoms with Crippen LogP contribution in [0.5, 0.6) is 23.0 Å². The number of hydrogen-bond donors (Lipinski definition) is 1. The van der Waals surface area contributed by atoms with Crippen molar-refractivity contribution in [3.05, 3.63) is 78.1 Å². The van der Waals surface area contributed by atoms with E-state index in [1.54, 1.807) is 19.4 Å². The van der Waals surface area contributed by atoms with E-state index in [1.807, 2.05) is 41.3 Å². The third-order valence-electron chi connectivity index (χ3n) is 7.66. The summed E-state index contributed by atoms with van der Waals surface area (Å²) in [6.07, 6.45) is 7.20. The molecule has 2 saturated heterocycles. The van der Waals surface area contributed by atoms with Gasteiger partial charge in [-0.2, -0.15) is 0 Å². The number of likely N-dealkylation sites (tertiary alicyclic amines) is 2. The van der Waals surface area contributed by atoms with Crippen LogP contribution in [0.4, 0.5) is 0 Å². The summed E-state index contributed by atoms with van der Waals surface area (Å²) in [4.78, 5) is 21.1. The second kappa shape index (κ2) is 10.6. The first-order valence-electron chi connectivity index (χ1n) is 12.6. The highest BCUT2D eigenvalue weighted by Crippen LogP contribution is 2.42. The number of ether oxygens (including phenoxy) is 2. The molecule has 7 heteroatoms. The van der Waals surface area contributed by atoms with Gasteiger partial charge in [-0.05, 0) is 80.1 Å². The Hall–Kier alpha value is -3.58. The maximum absolute atomic E-state index is 12.8. The monoisotopic (exact) mass is 487 g/mol. The molecule has 0 saturated carbocycles. The van der Waals surface area contributed by atoms with Crippen LogP contribution in [-0.4, -0.2) is 59.1 Å². The molecule has 36 heavy (non-hydrogen) atoms. The fourth-order valence-electron chi connectivity index (χ4n) is 5.40. The molecule has 1 amide bonds. The molecule has 1 aromatic heterocycles. The van der Waals surface area contributed by atoms with Crippen LogP contribution in [0.1, 0.15) is 41.6 Å². The van der Waals surface area contributed by atoms with Crippen LogP contribution in [0.15, 0.2) is 67.0 Å². The lowest BCUT2D eigenvalue weighted by Gasteiger charge is -2.47. The van der Waals surface area contributed by atoms with E-state index < -0.39 is 0 Å². The molecule has 2 fully saturated rings. The Morgan fingerprint density at radius 2 is 1.69 bits per heavy atom. The van der Waals surface area contributed by atoms with E-state index in [0.29, 0.717) is 16.7 Å². The molecule has 0 bridgehead atoms. The zero-order valence-electron chi connectivity index (χ0n) is 20.7. The second-order valence-corrected chi connectivity index (χ2v) is 9.86. The van der Waals surface area contributed by atoms with Crippen LogP contribution in [0.2, 0.25) is 0 Å². The fourth-order valence-corrected chi connectivity index (χ4v) is 5.40. The van der Waals surface area contributed by atoms with Crippen LogP contribution < -0.4 is 9.47 Å². The van der Waals surface area contributed by atoms with E-state index in [4.69, 9.17) is 9.47 Å². The van der Waals surface area contributed by atoms with Crippen molar-refractivity contribution in [2.75, 3.05) is 33.3 Å². The summed E-state index contributed by atoms with van der Waals surface area (Å²) in [6.45, 7) is 4.48. The first-order valence-corrected chi connectivity index (χ1v) is 12.6. The second-order valence-electron chi connectivity index (χ2n) is 9.86. The molecule has 0 radical (unpaired) electrons. The molecule has 0 aliphatic carbocycles. The lowest BCUT2D eigenvalue weighted by molar-refractivity contribution is 0.0283.